The Morgan fingerprint density at radius 2 is 2.13 bits per heavy atom. The lowest BCUT2D eigenvalue weighted by Gasteiger charge is -2.18. The van der Waals surface area contributed by atoms with E-state index in [1.807, 2.05) is 6.92 Å². The van der Waals surface area contributed by atoms with Gasteiger partial charge in [-0.15, -0.1) is 0 Å². The Morgan fingerprint density at radius 3 is 2.60 bits per heavy atom. The van der Waals surface area contributed by atoms with Crippen molar-refractivity contribution in [2.24, 2.45) is 0 Å². The fourth-order valence-electron chi connectivity index (χ4n) is 1.27. The second-order valence-electron chi connectivity index (χ2n) is 3.11. The molecule has 3 nitrogen and oxygen atoms in total. The second-order valence-corrected chi connectivity index (χ2v) is 3.90. The lowest BCUT2D eigenvalue weighted by Crippen LogP contribution is -2.20. The summed E-state index contributed by atoms with van der Waals surface area (Å²) in [4.78, 5) is 12.5. The van der Waals surface area contributed by atoms with Crippen LogP contribution in [-0.4, -0.2) is 19.4 Å². The topological polar surface area (TPSA) is 29.5 Å². The van der Waals surface area contributed by atoms with Gasteiger partial charge in [-0.05, 0) is 24.6 Å². The van der Waals surface area contributed by atoms with Crippen LogP contribution < -0.4 is 9.64 Å². The molecule has 1 amide bonds. The number of benzene rings is 1. The van der Waals surface area contributed by atoms with Crippen LogP contribution in [0, 0.1) is 6.92 Å². The summed E-state index contributed by atoms with van der Waals surface area (Å²) >= 11 is 9.71. The molecule has 82 valence electrons. The lowest BCUT2D eigenvalue weighted by molar-refractivity contribution is 0.266. The zero-order valence-electron chi connectivity index (χ0n) is 8.74. The van der Waals surface area contributed by atoms with Crippen LogP contribution in [0.4, 0.5) is 10.5 Å². The summed E-state index contributed by atoms with van der Waals surface area (Å²) in [5.74, 6) is 0.595. The van der Waals surface area contributed by atoms with Crippen molar-refractivity contribution in [3.63, 3.8) is 0 Å². The van der Waals surface area contributed by atoms with Gasteiger partial charge in [0.25, 0.3) is 5.24 Å². The van der Waals surface area contributed by atoms with Crippen LogP contribution in [0.3, 0.4) is 0 Å². The molecule has 0 unspecified atom stereocenters. The fourth-order valence-corrected chi connectivity index (χ4v) is 1.61. The quantitative estimate of drug-likeness (QED) is 0.812. The molecule has 0 saturated carbocycles. The van der Waals surface area contributed by atoms with Crippen molar-refractivity contribution in [1.82, 2.24) is 0 Å². The van der Waals surface area contributed by atoms with E-state index < -0.39 is 0 Å². The predicted octanol–water partition coefficient (Wildman–Crippen LogP) is 3.14. The van der Waals surface area contributed by atoms with Gasteiger partial charge in [-0.1, -0.05) is 24.2 Å². The number of ether oxygens (including phenoxy) is 1. The van der Waals surface area contributed by atoms with E-state index in [-0.39, 0.29) is 5.24 Å². The average molecular weight is 246 g/mol. The molecule has 0 atom stereocenters. The van der Waals surface area contributed by atoms with Gasteiger partial charge in [0, 0.05) is 12.7 Å². The Hall–Kier alpha value is -0.870. The van der Waals surface area contributed by atoms with Gasteiger partial charge in [0.2, 0.25) is 0 Å². The largest absolute Gasteiger partial charge is 0.495 e. The Morgan fingerprint density at radius 1 is 1.53 bits per heavy atom. The first-order chi connectivity index (χ1) is 6.97. The van der Waals surface area contributed by atoms with Crippen LogP contribution in [0.15, 0.2) is 12.1 Å². The van der Waals surface area contributed by atoms with Crippen molar-refractivity contribution in [1.29, 1.82) is 0 Å². The number of hydrogen-bond acceptors (Lipinski definition) is 2. The first-order valence-corrected chi connectivity index (χ1v) is 5.10. The highest BCUT2D eigenvalue weighted by atomic mass is 35.5. The van der Waals surface area contributed by atoms with E-state index in [1.165, 1.54) is 4.90 Å². The summed E-state index contributed by atoms with van der Waals surface area (Å²) in [6.07, 6.45) is 0. The molecular formula is C10H12ClNO2S. The van der Waals surface area contributed by atoms with Gasteiger partial charge in [0.15, 0.2) is 0 Å². The highest BCUT2D eigenvalue weighted by molar-refractivity contribution is 7.96. The maximum Gasteiger partial charge on any atom is 0.282 e. The Labute approximate surface area is 99.4 Å². The molecule has 1 aromatic carbocycles. The first kappa shape index (κ1) is 12.2. The van der Waals surface area contributed by atoms with Gasteiger partial charge in [-0.25, -0.2) is 0 Å². The number of methoxy groups -OCH3 is 1. The van der Waals surface area contributed by atoms with Gasteiger partial charge in [-0.3, -0.25) is 4.79 Å². The maximum absolute atomic E-state index is 11.1. The van der Waals surface area contributed by atoms with Crippen LogP contribution in [0.2, 0.25) is 5.02 Å². The number of carbonyl (C=O) groups is 1. The third-order valence-corrected chi connectivity index (χ3v) is 2.71. The zero-order valence-corrected chi connectivity index (χ0v) is 10.4. The number of amides is 1. The molecule has 1 aromatic rings. The highest BCUT2D eigenvalue weighted by Crippen LogP contribution is 2.32. The van der Waals surface area contributed by atoms with E-state index in [9.17, 15) is 4.79 Å². The molecule has 0 N–H and O–H groups in total. The van der Waals surface area contributed by atoms with E-state index in [1.54, 1.807) is 26.3 Å². The molecule has 0 fully saturated rings. The minimum atomic E-state index is -0.334. The second kappa shape index (κ2) is 4.77. The summed E-state index contributed by atoms with van der Waals surface area (Å²) in [7, 11) is 3.19. The maximum atomic E-state index is 11.1. The van der Waals surface area contributed by atoms with Crippen molar-refractivity contribution in [2.75, 3.05) is 19.1 Å². The third kappa shape index (κ3) is 2.58. The smallest absolute Gasteiger partial charge is 0.282 e. The molecule has 0 heterocycles. The van der Waals surface area contributed by atoms with Crippen molar-refractivity contribution in [3.05, 3.63) is 22.7 Å². The molecule has 0 radical (unpaired) electrons. The third-order valence-electron chi connectivity index (χ3n) is 2.12. The average Bonchev–Trinajstić information content (AvgIpc) is 2.19. The number of anilines is 1. The summed E-state index contributed by atoms with van der Waals surface area (Å²) in [5.41, 5.74) is 1.63. The van der Waals surface area contributed by atoms with Crippen molar-refractivity contribution >= 4 is 35.2 Å². The Bertz CT molecular complexity index is 395. The van der Waals surface area contributed by atoms with Crippen LogP contribution in [0.25, 0.3) is 0 Å². The molecule has 0 aliphatic heterocycles. The Balaban J connectivity index is 3.21. The van der Waals surface area contributed by atoms with Crippen LogP contribution >= 0.6 is 24.2 Å². The molecular weight excluding hydrogens is 234 g/mol. The SMILES string of the molecule is COc1cc(C)c(N(C)C(=O)S)cc1Cl. The number of aryl methyl sites for hydroxylation is 1. The summed E-state index contributed by atoms with van der Waals surface area (Å²) in [5, 5.41) is 0.138. The highest BCUT2D eigenvalue weighted by Gasteiger charge is 2.12. The van der Waals surface area contributed by atoms with Gasteiger partial charge in [0.1, 0.15) is 5.75 Å². The van der Waals surface area contributed by atoms with E-state index in [4.69, 9.17) is 16.3 Å². The van der Waals surface area contributed by atoms with E-state index >= 15 is 0 Å². The van der Waals surface area contributed by atoms with Crippen molar-refractivity contribution in [3.8, 4) is 5.75 Å². The minimum absolute atomic E-state index is 0.334. The number of rotatable bonds is 2. The summed E-state index contributed by atoms with van der Waals surface area (Å²) in [6.45, 7) is 1.88. The molecule has 0 spiro atoms. The van der Waals surface area contributed by atoms with Gasteiger partial charge < -0.3 is 9.64 Å². The number of nitrogens with zero attached hydrogens (tertiary/aromatic N) is 1. The fraction of sp³-hybridized carbons (Fsp3) is 0.300. The summed E-state index contributed by atoms with van der Waals surface area (Å²) < 4.78 is 5.07. The molecule has 0 aliphatic rings. The van der Waals surface area contributed by atoms with Crippen LogP contribution in [0.5, 0.6) is 5.75 Å². The number of hydrogen-bond donors (Lipinski definition) is 1. The predicted molar refractivity (Wildman–Crippen MR) is 65.5 cm³/mol. The molecule has 0 aromatic heterocycles. The molecule has 0 aliphatic carbocycles. The van der Waals surface area contributed by atoms with E-state index in [0.717, 1.165) is 11.3 Å². The Kier molecular flexibility index (Phi) is 3.88. The standard InChI is InChI=1S/C10H12ClNO2S/c1-6-4-9(14-3)7(11)5-8(6)12(2)10(13)15/h4-5H,1-3H3,(H,13,15). The number of halogens is 1. The molecule has 15 heavy (non-hydrogen) atoms. The minimum Gasteiger partial charge on any atom is -0.495 e. The van der Waals surface area contributed by atoms with Gasteiger partial charge >= 0.3 is 0 Å². The normalized spacial score (nSPS) is 9.93. The first-order valence-electron chi connectivity index (χ1n) is 4.28. The number of thiol groups is 1. The van der Waals surface area contributed by atoms with Crippen LogP contribution in [-0.2, 0) is 0 Å². The number of carbonyl (C=O) groups excluding carboxylic acids is 1. The van der Waals surface area contributed by atoms with E-state index in [2.05, 4.69) is 12.6 Å². The van der Waals surface area contributed by atoms with E-state index in [0.29, 0.717) is 10.8 Å². The van der Waals surface area contributed by atoms with Crippen LogP contribution in [0.1, 0.15) is 5.56 Å². The van der Waals surface area contributed by atoms with Crippen molar-refractivity contribution < 1.29 is 9.53 Å². The summed E-state index contributed by atoms with van der Waals surface area (Å²) in [6, 6.07) is 3.47. The molecule has 0 saturated heterocycles. The monoisotopic (exact) mass is 245 g/mol. The lowest BCUT2D eigenvalue weighted by atomic mass is 10.2. The zero-order chi connectivity index (χ0) is 11.6. The molecule has 1 rings (SSSR count). The molecule has 0 bridgehead atoms. The van der Waals surface area contributed by atoms with Gasteiger partial charge in [-0.2, -0.15) is 0 Å². The van der Waals surface area contributed by atoms with Crippen molar-refractivity contribution in [2.45, 2.75) is 6.92 Å². The molecule has 5 heteroatoms. The van der Waals surface area contributed by atoms with Gasteiger partial charge in [0.05, 0.1) is 12.1 Å².